The van der Waals surface area contributed by atoms with E-state index >= 15 is 0 Å². The summed E-state index contributed by atoms with van der Waals surface area (Å²) in [6, 6.07) is 0. The monoisotopic (exact) mass is 546 g/mol. The van der Waals surface area contributed by atoms with Gasteiger partial charge in [0.15, 0.2) is 12.2 Å². The van der Waals surface area contributed by atoms with E-state index < -0.39 is 78.9 Å². The zero-order chi connectivity index (χ0) is 28.4. The van der Waals surface area contributed by atoms with Gasteiger partial charge in [-0.05, 0) is 79.1 Å². The maximum Gasteiger partial charge on any atom is 0.509 e. The van der Waals surface area contributed by atoms with E-state index in [-0.39, 0.29) is 0 Å². The summed E-state index contributed by atoms with van der Waals surface area (Å²) in [4.78, 5) is 60.4. The second-order valence-electron chi connectivity index (χ2n) is 9.59. The fourth-order valence-corrected chi connectivity index (χ4v) is 4.07. The lowest BCUT2D eigenvalue weighted by Gasteiger charge is -2.33. The standard InChI is InChI=1S/C25H38O13/c1-13(26)21(28)33-15(3)23(30)35-17-9-5-7-11-19(17)37-25(32)38-20-12-8-6-10-18(20)36-24(31)16(4)34-22(29)14(2)27/h13-20,26-27H,5-12H2,1-4H3. The Balaban J connectivity index is 1.91. The van der Waals surface area contributed by atoms with Crippen molar-refractivity contribution >= 4 is 30.0 Å². The number of carbonyl (C=O) groups is 5. The van der Waals surface area contributed by atoms with Gasteiger partial charge in [-0.1, -0.05) is 0 Å². The van der Waals surface area contributed by atoms with Gasteiger partial charge in [-0.2, -0.15) is 0 Å². The molecule has 216 valence electrons. The van der Waals surface area contributed by atoms with Crippen LogP contribution in [0.1, 0.15) is 79.1 Å². The first-order valence-electron chi connectivity index (χ1n) is 12.9. The molecule has 0 spiro atoms. The molecule has 0 aromatic heterocycles. The third kappa shape index (κ3) is 9.75. The highest BCUT2D eigenvalue weighted by Crippen LogP contribution is 2.28. The van der Waals surface area contributed by atoms with Crippen LogP contribution < -0.4 is 0 Å². The number of aliphatic hydroxyl groups excluding tert-OH is 2. The van der Waals surface area contributed by atoms with Crippen molar-refractivity contribution < 1.29 is 62.6 Å². The molecule has 2 saturated carbocycles. The molecular weight excluding hydrogens is 508 g/mol. The Hall–Kier alpha value is -2.93. The van der Waals surface area contributed by atoms with Crippen molar-refractivity contribution in [1.82, 2.24) is 0 Å². The largest absolute Gasteiger partial charge is 0.509 e. The Morgan fingerprint density at radius 2 is 0.816 bits per heavy atom. The maximum absolute atomic E-state index is 12.6. The number of hydrogen-bond donors (Lipinski definition) is 2. The second-order valence-corrected chi connectivity index (χ2v) is 9.59. The fraction of sp³-hybridized carbons (Fsp3) is 0.800. The smallest absolute Gasteiger partial charge is 0.456 e. The topological polar surface area (TPSA) is 181 Å². The predicted octanol–water partition coefficient (Wildman–Crippen LogP) is 1.47. The molecule has 0 saturated heterocycles. The van der Waals surface area contributed by atoms with Crippen LogP contribution in [0.2, 0.25) is 0 Å². The lowest BCUT2D eigenvalue weighted by Crippen LogP contribution is -2.43. The molecule has 8 atom stereocenters. The van der Waals surface area contributed by atoms with Crippen LogP contribution in [0.5, 0.6) is 0 Å². The van der Waals surface area contributed by atoms with Crippen molar-refractivity contribution in [3.63, 3.8) is 0 Å². The molecule has 0 radical (unpaired) electrons. The van der Waals surface area contributed by atoms with Crippen LogP contribution in [0.15, 0.2) is 0 Å². The van der Waals surface area contributed by atoms with E-state index in [1.165, 1.54) is 27.7 Å². The summed E-state index contributed by atoms with van der Waals surface area (Å²) in [5.74, 6) is -3.60. The van der Waals surface area contributed by atoms with E-state index in [1.807, 2.05) is 0 Å². The average molecular weight is 547 g/mol. The van der Waals surface area contributed by atoms with E-state index in [1.54, 1.807) is 0 Å². The lowest BCUT2D eigenvalue weighted by molar-refractivity contribution is -0.182. The number of rotatable bonds is 10. The van der Waals surface area contributed by atoms with E-state index in [0.717, 1.165) is 25.7 Å². The minimum Gasteiger partial charge on any atom is -0.456 e. The highest BCUT2D eigenvalue weighted by atomic mass is 16.7. The van der Waals surface area contributed by atoms with Crippen molar-refractivity contribution in [2.24, 2.45) is 0 Å². The van der Waals surface area contributed by atoms with Gasteiger partial charge < -0.3 is 38.6 Å². The van der Waals surface area contributed by atoms with Crippen molar-refractivity contribution in [1.29, 1.82) is 0 Å². The Labute approximate surface area is 221 Å². The van der Waals surface area contributed by atoms with E-state index in [4.69, 9.17) is 28.4 Å². The molecule has 2 aliphatic rings. The van der Waals surface area contributed by atoms with Gasteiger partial charge in [0.05, 0.1) is 0 Å². The molecule has 38 heavy (non-hydrogen) atoms. The van der Waals surface area contributed by atoms with Crippen LogP contribution in [0.25, 0.3) is 0 Å². The van der Waals surface area contributed by atoms with E-state index in [0.29, 0.717) is 25.7 Å². The maximum atomic E-state index is 12.6. The minimum atomic E-state index is -1.39. The van der Waals surface area contributed by atoms with Crippen LogP contribution in [0.4, 0.5) is 4.79 Å². The Morgan fingerprint density at radius 3 is 1.11 bits per heavy atom. The first-order valence-corrected chi connectivity index (χ1v) is 12.9. The molecule has 0 aliphatic heterocycles. The zero-order valence-electron chi connectivity index (χ0n) is 22.2. The van der Waals surface area contributed by atoms with Crippen molar-refractivity contribution in [3.8, 4) is 0 Å². The second kappa shape index (κ2) is 14.9. The van der Waals surface area contributed by atoms with Gasteiger partial charge >= 0.3 is 30.0 Å². The molecule has 13 heteroatoms. The molecule has 0 heterocycles. The zero-order valence-corrected chi connectivity index (χ0v) is 22.2. The predicted molar refractivity (Wildman–Crippen MR) is 126 cm³/mol. The molecule has 0 bridgehead atoms. The summed E-state index contributed by atoms with van der Waals surface area (Å²) in [5.41, 5.74) is 0. The molecule has 8 unspecified atom stereocenters. The molecule has 0 aromatic rings. The fourth-order valence-electron chi connectivity index (χ4n) is 4.07. The van der Waals surface area contributed by atoms with E-state index in [9.17, 15) is 34.2 Å². The number of carbonyl (C=O) groups excluding carboxylic acids is 5. The normalized spacial score (nSPS) is 26.5. The third-order valence-electron chi connectivity index (χ3n) is 6.25. The third-order valence-corrected chi connectivity index (χ3v) is 6.25. The van der Waals surface area contributed by atoms with Crippen LogP contribution in [0, 0.1) is 0 Å². The number of ether oxygens (including phenoxy) is 6. The Morgan fingerprint density at radius 1 is 0.526 bits per heavy atom. The minimum absolute atomic E-state index is 0.421. The molecule has 2 rings (SSSR count). The lowest BCUT2D eigenvalue weighted by atomic mass is 9.94. The molecule has 2 N–H and O–H groups in total. The summed E-state index contributed by atoms with van der Waals surface area (Å²) in [7, 11) is 0. The summed E-state index contributed by atoms with van der Waals surface area (Å²) in [6.45, 7) is 5.04. The Bertz CT molecular complexity index is 773. The van der Waals surface area contributed by atoms with Crippen molar-refractivity contribution in [2.45, 2.75) is 128 Å². The van der Waals surface area contributed by atoms with Crippen LogP contribution in [-0.2, 0) is 47.6 Å². The van der Waals surface area contributed by atoms with Gasteiger partial charge in [0, 0.05) is 0 Å². The van der Waals surface area contributed by atoms with Gasteiger partial charge in [-0.25, -0.2) is 24.0 Å². The van der Waals surface area contributed by atoms with Gasteiger partial charge in [0.25, 0.3) is 0 Å². The van der Waals surface area contributed by atoms with Crippen molar-refractivity contribution in [2.75, 3.05) is 0 Å². The molecule has 13 nitrogen and oxygen atoms in total. The summed E-state index contributed by atoms with van der Waals surface area (Å²) in [5, 5.41) is 18.5. The SMILES string of the molecule is CC(O)C(=O)OC(C)C(=O)OC1CCCCC1OC(=O)OC1CCCCC1OC(=O)C(C)OC(=O)C(C)O. The van der Waals surface area contributed by atoms with Gasteiger partial charge in [-0.15, -0.1) is 0 Å². The van der Waals surface area contributed by atoms with Crippen LogP contribution in [0.3, 0.4) is 0 Å². The van der Waals surface area contributed by atoms with Gasteiger partial charge in [-0.3, -0.25) is 0 Å². The number of aliphatic hydroxyl groups is 2. The van der Waals surface area contributed by atoms with Crippen molar-refractivity contribution in [3.05, 3.63) is 0 Å². The molecular formula is C25H38O13. The quantitative estimate of drug-likeness (QED) is 0.297. The van der Waals surface area contributed by atoms with Crippen LogP contribution >= 0.6 is 0 Å². The first kappa shape index (κ1) is 31.3. The van der Waals surface area contributed by atoms with Gasteiger partial charge in [0.2, 0.25) is 0 Å². The molecule has 0 aromatic carbocycles. The molecule has 2 aliphatic carbocycles. The Kier molecular flexibility index (Phi) is 12.2. The molecule has 2 fully saturated rings. The summed E-state index contributed by atoms with van der Waals surface area (Å²) < 4.78 is 31.5. The number of hydrogen-bond acceptors (Lipinski definition) is 13. The highest BCUT2D eigenvalue weighted by molar-refractivity contribution is 5.81. The average Bonchev–Trinajstić information content (AvgIpc) is 2.85. The summed E-state index contributed by atoms with van der Waals surface area (Å²) >= 11 is 0. The molecule has 0 amide bonds. The summed E-state index contributed by atoms with van der Waals surface area (Å²) in [6.07, 6.45) is -4.83. The van der Waals surface area contributed by atoms with Gasteiger partial charge in [0.1, 0.15) is 36.6 Å². The highest BCUT2D eigenvalue weighted by Gasteiger charge is 2.37. The first-order chi connectivity index (χ1) is 17.9. The number of esters is 4. The van der Waals surface area contributed by atoms with E-state index in [2.05, 4.69) is 0 Å². The van der Waals surface area contributed by atoms with Crippen LogP contribution in [-0.4, -0.2) is 89.1 Å².